The second kappa shape index (κ2) is 16.0. The van der Waals surface area contributed by atoms with E-state index in [0.29, 0.717) is 23.0 Å². The molecule has 3 heterocycles. The molecule has 66 heavy (non-hydrogen) atoms. The molecule has 0 radical (unpaired) electrons. The number of benzene rings is 9. The van der Waals surface area contributed by atoms with Gasteiger partial charge in [-0.1, -0.05) is 171 Å². The molecule has 0 bridgehead atoms. The van der Waals surface area contributed by atoms with Gasteiger partial charge in [0.05, 0.1) is 22.1 Å². The zero-order valence-electron chi connectivity index (χ0n) is 36.0. The fourth-order valence-electron chi connectivity index (χ4n) is 9.43. The van der Waals surface area contributed by atoms with Crippen molar-refractivity contribution in [3.05, 3.63) is 237 Å². The van der Waals surface area contributed by atoms with Crippen molar-refractivity contribution in [1.29, 1.82) is 0 Å². The lowest BCUT2D eigenvalue weighted by molar-refractivity contribution is 1.04. The van der Waals surface area contributed by atoms with Gasteiger partial charge in [-0.3, -0.25) is 0 Å². The Bertz CT molecular complexity index is 3830. The van der Waals surface area contributed by atoms with E-state index in [1.54, 1.807) is 6.08 Å². The lowest BCUT2D eigenvalue weighted by atomic mass is 9.92. The number of aromatic amines is 1. The van der Waals surface area contributed by atoms with Crippen molar-refractivity contribution in [3.8, 4) is 73.0 Å². The molecule has 0 unspecified atom stereocenters. The van der Waals surface area contributed by atoms with E-state index in [1.165, 1.54) is 21.8 Å². The lowest BCUT2D eigenvalue weighted by Crippen LogP contribution is -2.01. The van der Waals surface area contributed by atoms with Gasteiger partial charge in [0.1, 0.15) is 0 Å². The van der Waals surface area contributed by atoms with Gasteiger partial charge in [0.2, 0.25) is 0 Å². The van der Waals surface area contributed by atoms with Crippen molar-refractivity contribution in [2.75, 3.05) is 0 Å². The highest BCUT2D eigenvalue weighted by Crippen LogP contribution is 2.44. The molecule has 0 aliphatic heterocycles. The summed E-state index contributed by atoms with van der Waals surface area (Å²) >= 11 is 0. The Morgan fingerprint density at radius 2 is 0.879 bits per heavy atom. The first kappa shape index (κ1) is 38.7. The summed E-state index contributed by atoms with van der Waals surface area (Å²) in [5, 5.41) is 4.72. The first-order valence-electron chi connectivity index (χ1n) is 22.2. The van der Waals surface area contributed by atoms with Crippen molar-refractivity contribution in [2.24, 2.45) is 0 Å². The third kappa shape index (κ3) is 6.70. The summed E-state index contributed by atoms with van der Waals surface area (Å²) in [7, 11) is 0. The quantitative estimate of drug-likeness (QED) is 0.147. The fraction of sp³-hybridized carbons (Fsp3) is 0. The monoisotopic (exact) mass is 843 g/mol. The number of hydrogen-bond acceptors (Lipinski definition) is 3. The SMILES string of the molecule is C=CC(=C)c1nc(-c2ccccc2)nc(-c2cccc(-c3cc(-c4ccccc4)cc4c3[nH]c3c(-c5ccc6c(c5)c5ccccc5n6-c5ccccc5)cc(-c5ccccc5)cc34)c2)n1. The molecule has 0 saturated heterocycles. The van der Waals surface area contributed by atoms with E-state index in [0.717, 1.165) is 83.1 Å². The first-order valence-corrected chi connectivity index (χ1v) is 22.2. The molecule has 12 rings (SSSR count). The van der Waals surface area contributed by atoms with Crippen molar-refractivity contribution >= 4 is 49.2 Å². The Morgan fingerprint density at radius 1 is 0.394 bits per heavy atom. The summed E-state index contributed by atoms with van der Waals surface area (Å²) in [5.41, 5.74) is 17.0. The van der Waals surface area contributed by atoms with Crippen LogP contribution in [0, 0.1) is 0 Å². The summed E-state index contributed by atoms with van der Waals surface area (Å²) in [6, 6.07) is 75.5. The summed E-state index contributed by atoms with van der Waals surface area (Å²) in [6.07, 6.45) is 1.69. The highest BCUT2D eigenvalue weighted by atomic mass is 15.0. The minimum absolute atomic E-state index is 0.493. The maximum absolute atomic E-state index is 5.02. The molecule has 0 aliphatic carbocycles. The maximum atomic E-state index is 5.02. The Balaban J connectivity index is 1.11. The summed E-state index contributed by atoms with van der Waals surface area (Å²) in [4.78, 5) is 18.8. The molecule has 0 aliphatic rings. The number of hydrogen-bond donors (Lipinski definition) is 1. The summed E-state index contributed by atoms with van der Waals surface area (Å²) in [6.45, 7) is 8.15. The highest BCUT2D eigenvalue weighted by Gasteiger charge is 2.20. The molecule has 0 amide bonds. The molecule has 0 fully saturated rings. The van der Waals surface area contributed by atoms with Gasteiger partial charge in [-0.05, 0) is 94.0 Å². The zero-order valence-corrected chi connectivity index (χ0v) is 36.0. The van der Waals surface area contributed by atoms with Gasteiger partial charge < -0.3 is 9.55 Å². The molecular formula is C61H41N5. The number of para-hydroxylation sites is 2. The van der Waals surface area contributed by atoms with Crippen LogP contribution >= 0.6 is 0 Å². The molecule has 9 aromatic carbocycles. The first-order chi connectivity index (χ1) is 32.6. The van der Waals surface area contributed by atoms with Crippen molar-refractivity contribution in [3.63, 3.8) is 0 Å². The van der Waals surface area contributed by atoms with Crippen molar-refractivity contribution < 1.29 is 0 Å². The molecule has 0 saturated carbocycles. The number of fused-ring (bicyclic) bond motifs is 6. The maximum Gasteiger partial charge on any atom is 0.164 e. The Morgan fingerprint density at radius 3 is 1.50 bits per heavy atom. The van der Waals surface area contributed by atoms with Crippen LogP contribution in [0.3, 0.4) is 0 Å². The van der Waals surface area contributed by atoms with Crippen LogP contribution in [-0.2, 0) is 0 Å². The van der Waals surface area contributed by atoms with E-state index in [2.05, 4.69) is 205 Å². The van der Waals surface area contributed by atoms with E-state index in [4.69, 9.17) is 15.0 Å². The average molecular weight is 844 g/mol. The number of H-pyrrole nitrogens is 1. The highest BCUT2D eigenvalue weighted by molar-refractivity contribution is 6.19. The van der Waals surface area contributed by atoms with Crippen LogP contribution in [0.15, 0.2) is 232 Å². The lowest BCUT2D eigenvalue weighted by Gasteiger charge is -2.12. The second-order valence-corrected chi connectivity index (χ2v) is 16.7. The van der Waals surface area contributed by atoms with E-state index >= 15 is 0 Å². The van der Waals surface area contributed by atoms with E-state index < -0.39 is 0 Å². The number of aromatic nitrogens is 5. The Labute approximate surface area is 382 Å². The Kier molecular flexibility index (Phi) is 9.39. The molecule has 12 aromatic rings. The molecular weight excluding hydrogens is 803 g/mol. The average Bonchev–Trinajstić information content (AvgIpc) is 3.94. The van der Waals surface area contributed by atoms with Gasteiger partial charge in [-0.2, -0.15) is 0 Å². The van der Waals surface area contributed by atoms with Gasteiger partial charge >= 0.3 is 0 Å². The third-order valence-corrected chi connectivity index (χ3v) is 12.7. The van der Waals surface area contributed by atoms with E-state index in [9.17, 15) is 0 Å². The van der Waals surface area contributed by atoms with Gasteiger partial charge in [0.15, 0.2) is 17.5 Å². The fourth-order valence-corrected chi connectivity index (χ4v) is 9.43. The van der Waals surface area contributed by atoms with Crippen LogP contribution in [0.4, 0.5) is 0 Å². The molecule has 310 valence electrons. The largest absolute Gasteiger partial charge is 0.353 e. The smallest absolute Gasteiger partial charge is 0.164 e. The predicted octanol–water partition coefficient (Wildman–Crippen LogP) is 15.8. The van der Waals surface area contributed by atoms with Crippen LogP contribution in [0.5, 0.6) is 0 Å². The topological polar surface area (TPSA) is 59.4 Å². The summed E-state index contributed by atoms with van der Waals surface area (Å²) in [5.74, 6) is 1.64. The van der Waals surface area contributed by atoms with Crippen LogP contribution in [-0.4, -0.2) is 24.5 Å². The van der Waals surface area contributed by atoms with Gasteiger partial charge in [0.25, 0.3) is 0 Å². The van der Waals surface area contributed by atoms with Gasteiger partial charge in [-0.25, -0.2) is 15.0 Å². The number of rotatable bonds is 9. The number of allylic oxidation sites excluding steroid dienone is 2. The summed E-state index contributed by atoms with van der Waals surface area (Å²) < 4.78 is 2.37. The molecule has 5 heteroatoms. The predicted molar refractivity (Wildman–Crippen MR) is 275 cm³/mol. The van der Waals surface area contributed by atoms with E-state index in [-0.39, 0.29) is 0 Å². The van der Waals surface area contributed by atoms with Crippen LogP contribution < -0.4 is 0 Å². The second-order valence-electron chi connectivity index (χ2n) is 16.7. The normalized spacial score (nSPS) is 11.5. The van der Waals surface area contributed by atoms with Crippen LogP contribution in [0.2, 0.25) is 0 Å². The van der Waals surface area contributed by atoms with Crippen molar-refractivity contribution in [1.82, 2.24) is 24.5 Å². The van der Waals surface area contributed by atoms with Crippen LogP contribution in [0.1, 0.15) is 5.82 Å². The minimum Gasteiger partial charge on any atom is -0.353 e. The van der Waals surface area contributed by atoms with Gasteiger partial charge in [-0.15, -0.1) is 0 Å². The molecule has 0 atom stereocenters. The molecule has 1 N–H and O–H groups in total. The standard InChI is InChI=1S/C61H41N5/c1-3-39(2)59-63-60(42-23-12-6-13-24-42)65-61(64-59)45-26-18-25-43(33-45)50-35-46(40-19-8-4-9-20-40)37-53-54-38-47(41-21-10-5-11-22-41)36-51(58(54)62-57(50)53)44-31-32-56-52(34-44)49-29-16-17-30-55(49)66(56)48-27-14-7-15-28-48/h3-38,62H,1-2H2. The molecule has 0 spiro atoms. The van der Waals surface area contributed by atoms with E-state index in [1.807, 2.05) is 30.3 Å². The third-order valence-electron chi connectivity index (χ3n) is 12.7. The minimum atomic E-state index is 0.493. The number of nitrogens with zero attached hydrogens (tertiary/aromatic N) is 4. The van der Waals surface area contributed by atoms with Crippen molar-refractivity contribution in [2.45, 2.75) is 0 Å². The molecule has 3 aromatic heterocycles. The van der Waals surface area contributed by atoms with Crippen LogP contribution in [0.25, 0.3) is 122 Å². The Hall–Kier alpha value is -8.93. The number of nitrogens with one attached hydrogen (secondary N) is 1. The van der Waals surface area contributed by atoms with Gasteiger partial charge in [0, 0.05) is 55.1 Å². The zero-order chi connectivity index (χ0) is 44.1. The molecule has 5 nitrogen and oxygen atoms in total.